The average molecular weight is 310 g/mol. The summed E-state index contributed by atoms with van der Waals surface area (Å²) in [5.41, 5.74) is -1.85. The van der Waals surface area contributed by atoms with Crippen molar-refractivity contribution in [3.63, 3.8) is 0 Å². The molecular formula is C16H22O6. The topological polar surface area (TPSA) is 96.2 Å². The quantitative estimate of drug-likeness (QED) is 0.630. The summed E-state index contributed by atoms with van der Waals surface area (Å²) in [4.78, 5) is 12.5. The van der Waals surface area contributed by atoms with E-state index >= 15 is 0 Å². The highest BCUT2D eigenvalue weighted by molar-refractivity contribution is 5.84. The smallest absolute Gasteiger partial charge is 0.339 e. The summed E-state index contributed by atoms with van der Waals surface area (Å²) in [5, 5.41) is 32.1. The van der Waals surface area contributed by atoms with E-state index in [2.05, 4.69) is 0 Å². The molecule has 0 bridgehead atoms. The van der Waals surface area contributed by atoms with Crippen molar-refractivity contribution in [2.45, 2.75) is 44.8 Å². The van der Waals surface area contributed by atoms with Crippen molar-refractivity contribution < 1.29 is 29.6 Å². The van der Waals surface area contributed by atoms with Crippen molar-refractivity contribution in [2.24, 2.45) is 11.3 Å². The van der Waals surface area contributed by atoms with Crippen LogP contribution in [0.15, 0.2) is 22.7 Å². The van der Waals surface area contributed by atoms with Crippen molar-refractivity contribution in [3.05, 3.63) is 22.7 Å². The van der Waals surface area contributed by atoms with Gasteiger partial charge in [0.2, 0.25) is 0 Å². The molecule has 0 saturated carbocycles. The molecule has 1 aliphatic heterocycles. The van der Waals surface area contributed by atoms with Gasteiger partial charge in [0.25, 0.3) is 0 Å². The molecular weight excluding hydrogens is 288 g/mol. The van der Waals surface area contributed by atoms with Gasteiger partial charge in [0, 0.05) is 11.0 Å². The Kier molecular flexibility index (Phi) is 3.30. The van der Waals surface area contributed by atoms with E-state index in [4.69, 9.17) is 9.47 Å². The lowest BCUT2D eigenvalue weighted by Crippen LogP contribution is -2.62. The number of carbonyl (C=O) groups is 1. The van der Waals surface area contributed by atoms with Crippen molar-refractivity contribution >= 4 is 5.97 Å². The number of aliphatic hydroxyl groups is 3. The predicted octanol–water partition coefficient (Wildman–Crippen LogP) is 1.19. The summed E-state index contributed by atoms with van der Waals surface area (Å²) in [7, 11) is 1.24. The number of aliphatic hydroxyl groups excluding tert-OH is 2. The zero-order valence-electron chi connectivity index (χ0n) is 13.0. The van der Waals surface area contributed by atoms with Gasteiger partial charge in [-0.2, -0.15) is 0 Å². The second-order valence-corrected chi connectivity index (χ2v) is 6.61. The van der Waals surface area contributed by atoms with E-state index in [1.165, 1.54) is 7.11 Å². The standard InChI is InChI=1S/C16H22O6/c1-8-10(17)4-6-15(2)11(8)12(18)13-9(5-7-22-13)16(15,20)14(19)21-3/h9-10,17-18,20H,4-7H2,1-3H3. The fraction of sp³-hybridized carbons (Fsp3) is 0.688. The Hall–Kier alpha value is -1.53. The highest BCUT2D eigenvalue weighted by Gasteiger charge is 2.67. The molecule has 3 aliphatic rings. The van der Waals surface area contributed by atoms with Crippen LogP contribution in [-0.4, -0.2) is 46.7 Å². The Labute approximate surface area is 129 Å². The Balaban J connectivity index is 2.32. The van der Waals surface area contributed by atoms with E-state index in [0.29, 0.717) is 37.0 Å². The lowest BCUT2D eigenvalue weighted by atomic mass is 9.53. The molecule has 4 unspecified atom stereocenters. The maximum Gasteiger partial charge on any atom is 0.339 e. The van der Waals surface area contributed by atoms with E-state index in [0.717, 1.165) is 0 Å². The van der Waals surface area contributed by atoms with Gasteiger partial charge in [0.05, 0.1) is 25.7 Å². The number of allylic oxidation sites excluding steroid dienone is 1. The number of esters is 1. The Morgan fingerprint density at radius 2 is 2.09 bits per heavy atom. The molecule has 0 aromatic heterocycles. The predicted molar refractivity (Wildman–Crippen MR) is 76.7 cm³/mol. The minimum Gasteiger partial charge on any atom is -0.504 e. The van der Waals surface area contributed by atoms with Crippen LogP contribution in [0.25, 0.3) is 0 Å². The first-order valence-electron chi connectivity index (χ1n) is 7.55. The average Bonchev–Trinajstić information content (AvgIpc) is 2.98. The van der Waals surface area contributed by atoms with Gasteiger partial charge in [0.1, 0.15) is 5.76 Å². The van der Waals surface area contributed by atoms with Crippen LogP contribution in [0.1, 0.15) is 33.1 Å². The molecule has 122 valence electrons. The van der Waals surface area contributed by atoms with E-state index in [9.17, 15) is 20.1 Å². The van der Waals surface area contributed by atoms with Gasteiger partial charge in [-0.1, -0.05) is 6.92 Å². The van der Waals surface area contributed by atoms with Gasteiger partial charge in [-0.3, -0.25) is 0 Å². The van der Waals surface area contributed by atoms with Crippen molar-refractivity contribution in [1.82, 2.24) is 0 Å². The molecule has 3 rings (SSSR count). The molecule has 0 amide bonds. The number of methoxy groups -OCH3 is 1. The maximum atomic E-state index is 12.5. The van der Waals surface area contributed by atoms with Crippen molar-refractivity contribution in [2.75, 3.05) is 13.7 Å². The van der Waals surface area contributed by atoms with Crippen LogP contribution in [0, 0.1) is 11.3 Å². The first kappa shape index (κ1) is 15.4. The SMILES string of the molecule is COC(=O)C1(O)C2CCOC2=C(O)C2=C(C)C(O)CCC21C. The first-order valence-corrected chi connectivity index (χ1v) is 7.55. The number of fused-ring (bicyclic) bond motifs is 2. The fourth-order valence-electron chi connectivity index (χ4n) is 4.38. The van der Waals surface area contributed by atoms with Gasteiger partial charge in [-0.25, -0.2) is 4.79 Å². The summed E-state index contributed by atoms with van der Waals surface area (Å²) in [5.74, 6) is -1.17. The van der Waals surface area contributed by atoms with Gasteiger partial charge in [0.15, 0.2) is 11.4 Å². The molecule has 6 nitrogen and oxygen atoms in total. The normalized spacial score (nSPS) is 41.0. The lowest BCUT2D eigenvalue weighted by molar-refractivity contribution is -0.187. The zero-order valence-corrected chi connectivity index (χ0v) is 13.0. The largest absolute Gasteiger partial charge is 0.504 e. The Morgan fingerprint density at radius 3 is 2.73 bits per heavy atom. The van der Waals surface area contributed by atoms with Gasteiger partial charge >= 0.3 is 5.97 Å². The third kappa shape index (κ3) is 1.59. The van der Waals surface area contributed by atoms with Crippen molar-refractivity contribution in [1.29, 1.82) is 0 Å². The summed E-state index contributed by atoms with van der Waals surface area (Å²) in [6.45, 7) is 3.79. The number of carbonyl (C=O) groups excluding carboxylic acids is 1. The molecule has 6 heteroatoms. The Morgan fingerprint density at radius 1 is 1.41 bits per heavy atom. The van der Waals surface area contributed by atoms with Crippen LogP contribution < -0.4 is 0 Å². The molecule has 1 fully saturated rings. The zero-order chi connectivity index (χ0) is 16.3. The molecule has 0 aromatic carbocycles. The van der Waals surface area contributed by atoms with Crippen molar-refractivity contribution in [3.8, 4) is 0 Å². The molecule has 3 N–H and O–H groups in total. The van der Waals surface area contributed by atoms with Gasteiger partial charge in [-0.15, -0.1) is 0 Å². The van der Waals surface area contributed by atoms with Crippen LogP contribution in [0.2, 0.25) is 0 Å². The van der Waals surface area contributed by atoms with Gasteiger partial charge < -0.3 is 24.8 Å². The number of ether oxygens (including phenoxy) is 2. The molecule has 22 heavy (non-hydrogen) atoms. The molecule has 1 heterocycles. The highest BCUT2D eigenvalue weighted by Crippen LogP contribution is 2.60. The van der Waals surface area contributed by atoms with E-state index < -0.39 is 29.0 Å². The van der Waals surface area contributed by atoms with Crippen LogP contribution >= 0.6 is 0 Å². The molecule has 2 aliphatic carbocycles. The minimum atomic E-state index is -1.81. The Bertz CT molecular complexity index is 591. The van der Waals surface area contributed by atoms with Crippen LogP contribution in [0.3, 0.4) is 0 Å². The molecule has 0 aromatic rings. The molecule has 1 saturated heterocycles. The van der Waals surface area contributed by atoms with Gasteiger partial charge in [-0.05, 0) is 31.8 Å². The fourth-order valence-corrected chi connectivity index (χ4v) is 4.38. The summed E-state index contributed by atoms with van der Waals surface area (Å²) in [6, 6.07) is 0. The molecule has 4 atom stereocenters. The molecule has 0 radical (unpaired) electrons. The summed E-state index contributed by atoms with van der Waals surface area (Å²) in [6.07, 6.45) is 0.530. The number of hydrogen-bond acceptors (Lipinski definition) is 6. The number of hydrogen-bond donors (Lipinski definition) is 3. The number of rotatable bonds is 1. The second kappa shape index (κ2) is 4.73. The summed E-state index contributed by atoms with van der Waals surface area (Å²) < 4.78 is 10.4. The lowest BCUT2D eigenvalue weighted by Gasteiger charge is -2.52. The van der Waals surface area contributed by atoms with E-state index in [1.54, 1.807) is 13.8 Å². The monoisotopic (exact) mass is 310 g/mol. The molecule has 0 spiro atoms. The minimum absolute atomic E-state index is 0.0465. The summed E-state index contributed by atoms with van der Waals surface area (Å²) >= 11 is 0. The van der Waals surface area contributed by atoms with Crippen LogP contribution in [0.5, 0.6) is 0 Å². The second-order valence-electron chi connectivity index (χ2n) is 6.61. The maximum absolute atomic E-state index is 12.5. The van der Waals surface area contributed by atoms with E-state index in [1.807, 2.05) is 0 Å². The van der Waals surface area contributed by atoms with Crippen LogP contribution in [0.4, 0.5) is 0 Å². The third-order valence-corrected chi connectivity index (χ3v) is 5.66. The first-order chi connectivity index (χ1) is 10.3. The third-order valence-electron chi connectivity index (χ3n) is 5.66. The van der Waals surface area contributed by atoms with E-state index in [-0.39, 0.29) is 11.5 Å². The van der Waals surface area contributed by atoms with Crippen LogP contribution in [-0.2, 0) is 14.3 Å². The highest BCUT2D eigenvalue weighted by atomic mass is 16.5.